The van der Waals surface area contributed by atoms with E-state index in [4.69, 9.17) is 11.6 Å². The van der Waals surface area contributed by atoms with Gasteiger partial charge >= 0.3 is 0 Å². The first-order valence-corrected chi connectivity index (χ1v) is 9.60. The Kier molecular flexibility index (Phi) is 7.43. The van der Waals surface area contributed by atoms with Gasteiger partial charge in [-0.1, -0.05) is 49.7 Å². The lowest BCUT2D eigenvalue weighted by Gasteiger charge is -2.12. The zero-order valence-corrected chi connectivity index (χ0v) is 17.1. The average Bonchev–Trinajstić information content (AvgIpc) is 2.57. The molecule has 0 aliphatic heterocycles. The van der Waals surface area contributed by atoms with Crippen LogP contribution in [0.1, 0.15) is 49.2 Å². The highest BCUT2D eigenvalue weighted by molar-refractivity contribution is 6.33. The summed E-state index contributed by atoms with van der Waals surface area (Å²) in [6.07, 6.45) is 1.27. The van der Waals surface area contributed by atoms with Gasteiger partial charge in [-0.05, 0) is 55.5 Å². The number of carbonyl (C=O) groups excluding carboxylic acids is 2. The Balaban J connectivity index is 2.03. The molecule has 0 saturated heterocycles. The number of nitrogens with one attached hydrogen (secondary N) is 2. The second-order valence-corrected chi connectivity index (χ2v) is 7.87. The van der Waals surface area contributed by atoms with Crippen molar-refractivity contribution in [1.29, 1.82) is 0 Å². The summed E-state index contributed by atoms with van der Waals surface area (Å²) in [5.41, 5.74) is 3.10. The van der Waals surface area contributed by atoms with E-state index in [1.807, 2.05) is 26.0 Å². The minimum atomic E-state index is -0.196. The summed E-state index contributed by atoms with van der Waals surface area (Å²) in [4.78, 5) is 24.5. The summed E-state index contributed by atoms with van der Waals surface area (Å²) in [7, 11) is 0. The largest absolute Gasteiger partial charge is 0.350 e. The molecule has 4 nitrogen and oxygen atoms in total. The molecular weight excluding hydrogens is 360 g/mol. The number of hydrogen-bond donors (Lipinski definition) is 2. The highest BCUT2D eigenvalue weighted by Crippen LogP contribution is 2.23. The van der Waals surface area contributed by atoms with Crippen molar-refractivity contribution in [3.8, 4) is 0 Å². The predicted octanol–water partition coefficient (Wildman–Crippen LogP) is 4.86. The van der Waals surface area contributed by atoms with Crippen LogP contribution in [0.15, 0.2) is 42.5 Å². The van der Waals surface area contributed by atoms with Gasteiger partial charge in [0.05, 0.1) is 17.1 Å². The first kappa shape index (κ1) is 21.0. The molecule has 0 saturated carbocycles. The minimum absolute atomic E-state index is 0.0323. The molecule has 0 aliphatic carbocycles. The molecule has 0 heterocycles. The van der Waals surface area contributed by atoms with E-state index in [0.717, 1.165) is 12.0 Å². The van der Waals surface area contributed by atoms with Gasteiger partial charge in [-0.3, -0.25) is 9.59 Å². The molecule has 27 heavy (non-hydrogen) atoms. The number of carbonyl (C=O) groups is 2. The van der Waals surface area contributed by atoms with Crippen molar-refractivity contribution < 1.29 is 9.59 Å². The van der Waals surface area contributed by atoms with Crippen molar-refractivity contribution in [3.05, 3.63) is 64.2 Å². The third kappa shape index (κ3) is 6.72. The molecule has 0 aliphatic rings. The second kappa shape index (κ2) is 9.56. The maximum Gasteiger partial charge on any atom is 0.251 e. The van der Waals surface area contributed by atoms with E-state index in [1.165, 1.54) is 5.56 Å². The van der Waals surface area contributed by atoms with E-state index in [-0.39, 0.29) is 24.3 Å². The van der Waals surface area contributed by atoms with Crippen LogP contribution in [-0.4, -0.2) is 17.9 Å². The Bertz CT molecular complexity index is 798. The molecule has 0 fully saturated rings. The molecule has 2 aromatic carbocycles. The first-order chi connectivity index (χ1) is 12.7. The van der Waals surface area contributed by atoms with Crippen LogP contribution in [-0.2, 0) is 17.6 Å². The van der Waals surface area contributed by atoms with Crippen LogP contribution in [0.25, 0.3) is 0 Å². The Labute approximate surface area is 166 Å². The molecule has 0 atom stereocenters. The van der Waals surface area contributed by atoms with E-state index in [9.17, 15) is 9.59 Å². The van der Waals surface area contributed by atoms with E-state index in [2.05, 4.69) is 36.6 Å². The molecule has 2 amide bonds. The van der Waals surface area contributed by atoms with Crippen molar-refractivity contribution in [3.63, 3.8) is 0 Å². The monoisotopic (exact) mass is 386 g/mol. The van der Waals surface area contributed by atoms with E-state index < -0.39 is 0 Å². The highest BCUT2D eigenvalue weighted by Gasteiger charge is 2.12. The molecule has 144 valence electrons. The first-order valence-electron chi connectivity index (χ1n) is 9.22. The van der Waals surface area contributed by atoms with Crippen LogP contribution in [0.5, 0.6) is 0 Å². The van der Waals surface area contributed by atoms with E-state index >= 15 is 0 Å². The number of amides is 2. The van der Waals surface area contributed by atoms with Crippen molar-refractivity contribution in [2.75, 3.05) is 5.32 Å². The highest BCUT2D eigenvalue weighted by atomic mass is 35.5. The van der Waals surface area contributed by atoms with Crippen LogP contribution in [0.2, 0.25) is 5.02 Å². The Morgan fingerprint density at radius 3 is 2.19 bits per heavy atom. The van der Waals surface area contributed by atoms with Gasteiger partial charge in [0.15, 0.2) is 0 Å². The second-order valence-electron chi connectivity index (χ2n) is 7.46. The SMILES string of the molecule is CC(C)Cc1ccc(CC(=O)Nc2cc(C(=O)NC(C)C)ccc2Cl)cc1. The third-order valence-corrected chi connectivity index (χ3v) is 4.28. The summed E-state index contributed by atoms with van der Waals surface area (Å²) < 4.78 is 0. The van der Waals surface area contributed by atoms with Crippen LogP contribution >= 0.6 is 11.6 Å². The van der Waals surface area contributed by atoms with E-state index in [0.29, 0.717) is 22.2 Å². The summed E-state index contributed by atoms with van der Waals surface area (Å²) in [6, 6.07) is 13.0. The van der Waals surface area contributed by atoms with Crippen molar-refractivity contribution >= 4 is 29.1 Å². The summed E-state index contributed by atoms with van der Waals surface area (Å²) in [5, 5.41) is 6.03. The van der Waals surface area contributed by atoms with E-state index in [1.54, 1.807) is 18.2 Å². The molecule has 0 aromatic heterocycles. The van der Waals surface area contributed by atoms with Gasteiger partial charge in [0.1, 0.15) is 0 Å². The van der Waals surface area contributed by atoms with Crippen molar-refractivity contribution in [2.24, 2.45) is 5.92 Å². The number of anilines is 1. The lowest BCUT2D eigenvalue weighted by Crippen LogP contribution is -2.30. The van der Waals surface area contributed by atoms with Crippen LogP contribution in [0.3, 0.4) is 0 Å². The van der Waals surface area contributed by atoms with Gasteiger partial charge in [-0.15, -0.1) is 0 Å². The molecule has 0 spiro atoms. The van der Waals surface area contributed by atoms with Gasteiger partial charge in [0.25, 0.3) is 5.91 Å². The van der Waals surface area contributed by atoms with Gasteiger partial charge in [-0.25, -0.2) is 0 Å². The molecular formula is C22H27ClN2O2. The molecule has 0 bridgehead atoms. The van der Waals surface area contributed by atoms with Gasteiger partial charge in [0.2, 0.25) is 5.91 Å². The lowest BCUT2D eigenvalue weighted by molar-refractivity contribution is -0.115. The van der Waals surface area contributed by atoms with Crippen LogP contribution < -0.4 is 10.6 Å². The Morgan fingerprint density at radius 2 is 1.59 bits per heavy atom. The van der Waals surface area contributed by atoms with Crippen molar-refractivity contribution in [2.45, 2.75) is 46.6 Å². The number of hydrogen-bond acceptors (Lipinski definition) is 2. The normalized spacial score (nSPS) is 10.9. The van der Waals surface area contributed by atoms with Crippen molar-refractivity contribution in [1.82, 2.24) is 5.32 Å². The summed E-state index contributed by atoms with van der Waals surface area (Å²) in [6.45, 7) is 8.15. The fourth-order valence-corrected chi connectivity index (χ4v) is 2.92. The average molecular weight is 387 g/mol. The predicted molar refractivity (Wildman–Crippen MR) is 111 cm³/mol. The maximum atomic E-state index is 12.4. The summed E-state index contributed by atoms with van der Waals surface area (Å²) in [5.74, 6) is 0.231. The maximum absolute atomic E-state index is 12.4. The molecule has 2 N–H and O–H groups in total. The minimum Gasteiger partial charge on any atom is -0.350 e. The molecule has 5 heteroatoms. The third-order valence-electron chi connectivity index (χ3n) is 3.95. The van der Waals surface area contributed by atoms with Gasteiger partial charge in [0, 0.05) is 11.6 Å². The number of halogens is 1. The molecule has 0 unspecified atom stereocenters. The fourth-order valence-electron chi connectivity index (χ4n) is 2.75. The topological polar surface area (TPSA) is 58.2 Å². The molecule has 2 aromatic rings. The molecule has 2 rings (SSSR count). The zero-order valence-electron chi connectivity index (χ0n) is 16.3. The quantitative estimate of drug-likeness (QED) is 0.714. The Morgan fingerprint density at radius 1 is 0.963 bits per heavy atom. The smallest absolute Gasteiger partial charge is 0.251 e. The number of rotatable bonds is 7. The summed E-state index contributed by atoms with van der Waals surface area (Å²) >= 11 is 6.18. The fraction of sp³-hybridized carbons (Fsp3) is 0.364. The zero-order chi connectivity index (χ0) is 20.0. The van der Waals surface area contributed by atoms with Crippen LogP contribution in [0.4, 0.5) is 5.69 Å². The number of benzene rings is 2. The standard InChI is InChI=1S/C22H27ClN2O2/c1-14(2)11-16-5-7-17(8-6-16)12-21(26)25-20-13-18(9-10-19(20)23)22(27)24-15(3)4/h5-10,13-15H,11-12H2,1-4H3,(H,24,27)(H,25,26). The van der Waals surface area contributed by atoms with Crippen LogP contribution in [0, 0.1) is 5.92 Å². The Hall–Kier alpha value is -2.33. The van der Waals surface area contributed by atoms with Gasteiger partial charge in [-0.2, -0.15) is 0 Å². The molecule has 0 radical (unpaired) electrons. The lowest BCUT2D eigenvalue weighted by atomic mass is 10.0. The van der Waals surface area contributed by atoms with Gasteiger partial charge < -0.3 is 10.6 Å².